The molecule has 1 N–H and O–H groups in total. The maximum Gasteiger partial charge on any atom is 0.00896 e. The molecule has 1 unspecified atom stereocenters. The third-order valence-corrected chi connectivity index (χ3v) is 2.40. The summed E-state index contributed by atoms with van der Waals surface area (Å²) in [6, 6.07) is 8.55. The first-order valence-electron chi connectivity index (χ1n) is 4.70. The van der Waals surface area contributed by atoms with E-state index in [4.69, 9.17) is 5.41 Å². The Labute approximate surface area is 80.3 Å². The van der Waals surface area contributed by atoms with E-state index in [-0.39, 0.29) is 0 Å². The van der Waals surface area contributed by atoms with Crippen LogP contribution in [0, 0.1) is 18.3 Å². The van der Waals surface area contributed by atoms with E-state index < -0.39 is 0 Å². The van der Waals surface area contributed by atoms with Crippen molar-refractivity contribution in [2.75, 3.05) is 0 Å². The van der Waals surface area contributed by atoms with Crippen LogP contribution in [-0.2, 0) is 6.42 Å². The second kappa shape index (κ2) is 4.22. The summed E-state index contributed by atoms with van der Waals surface area (Å²) in [4.78, 5) is 0. The maximum atomic E-state index is 7.49. The quantitative estimate of drug-likeness (QED) is 0.682. The number of hydrogen-bond donors (Lipinski definition) is 1. The topological polar surface area (TPSA) is 23.9 Å². The SMILES string of the molecule is CC(=N)C(C)Cc1ccc(C)cc1. The molecule has 1 aromatic rings. The number of nitrogens with one attached hydrogen (secondary N) is 1. The lowest BCUT2D eigenvalue weighted by Crippen LogP contribution is -2.08. The van der Waals surface area contributed by atoms with Crippen LogP contribution < -0.4 is 0 Å². The lowest BCUT2D eigenvalue weighted by Gasteiger charge is -2.09. The van der Waals surface area contributed by atoms with E-state index in [1.54, 1.807) is 0 Å². The van der Waals surface area contributed by atoms with E-state index in [1.807, 2.05) is 6.92 Å². The fourth-order valence-electron chi connectivity index (χ4n) is 1.23. The molecule has 13 heavy (non-hydrogen) atoms. The summed E-state index contributed by atoms with van der Waals surface area (Å²) in [5.74, 6) is 0.364. The molecule has 0 aliphatic rings. The highest BCUT2D eigenvalue weighted by Gasteiger charge is 2.04. The van der Waals surface area contributed by atoms with Gasteiger partial charge in [0.15, 0.2) is 0 Å². The van der Waals surface area contributed by atoms with E-state index >= 15 is 0 Å². The van der Waals surface area contributed by atoms with E-state index in [1.165, 1.54) is 11.1 Å². The number of hydrogen-bond acceptors (Lipinski definition) is 1. The van der Waals surface area contributed by atoms with Crippen molar-refractivity contribution in [2.45, 2.75) is 27.2 Å². The first-order valence-corrected chi connectivity index (χ1v) is 4.70. The predicted molar refractivity (Wildman–Crippen MR) is 57.4 cm³/mol. The summed E-state index contributed by atoms with van der Waals surface area (Å²) in [5.41, 5.74) is 3.38. The van der Waals surface area contributed by atoms with Gasteiger partial charge in [-0.25, -0.2) is 0 Å². The zero-order chi connectivity index (χ0) is 9.84. The van der Waals surface area contributed by atoms with Crippen LogP contribution >= 0.6 is 0 Å². The van der Waals surface area contributed by atoms with Crippen LogP contribution in [0.3, 0.4) is 0 Å². The maximum absolute atomic E-state index is 7.49. The van der Waals surface area contributed by atoms with Crippen molar-refractivity contribution in [3.05, 3.63) is 35.4 Å². The van der Waals surface area contributed by atoms with Crippen LogP contribution in [0.4, 0.5) is 0 Å². The molecule has 0 spiro atoms. The van der Waals surface area contributed by atoms with Gasteiger partial charge in [0.2, 0.25) is 0 Å². The molecular weight excluding hydrogens is 158 g/mol. The second-order valence-electron chi connectivity index (χ2n) is 3.77. The van der Waals surface area contributed by atoms with Crippen molar-refractivity contribution in [3.63, 3.8) is 0 Å². The van der Waals surface area contributed by atoms with Crippen molar-refractivity contribution < 1.29 is 0 Å². The fraction of sp³-hybridized carbons (Fsp3) is 0.417. The van der Waals surface area contributed by atoms with E-state index in [0.29, 0.717) is 5.92 Å². The Morgan fingerprint density at radius 3 is 2.31 bits per heavy atom. The molecule has 1 rings (SSSR count). The van der Waals surface area contributed by atoms with Gasteiger partial charge >= 0.3 is 0 Å². The molecule has 70 valence electrons. The van der Waals surface area contributed by atoms with Crippen molar-refractivity contribution in [2.24, 2.45) is 5.92 Å². The minimum atomic E-state index is 0.364. The zero-order valence-electron chi connectivity index (χ0n) is 8.59. The highest BCUT2D eigenvalue weighted by atomic mass is 14.4. The van der Waals surface area contributed by atoms with Crippen LogP contribution in [0.1, 0.15) is 25.0 Å². The normalized spacial score (nSPS) is 12.5. The summed E-state index contributed by atoms with van der Waals surface area (Å²) in [5, 5.41) is 7.49. The van der Waals surface area contributed by atoms with Gasteiger partial charge in [-0.05, 0) is 31.7 Å². The molecule has 0 amide bonds. The molecule has 1 aromatic carbocycles. The Kier molecular flexibility index (Phi) is 3.24. The minimum absolute atomic E-state index is 0.364. The van der Waals surface area contributed by atoms with Crippen molar-refractivity contribution in [1.29, 1.82) is 5.41 Å². The third kappa shape index (κ3) is 3.02. The van der Waals surface area contributed by atoms with Gasteiger partial charge in [0.1, 0.15) is 0 Å². The zero-order valence-corrected chi connectivity index (χ0v) is 8.59. The molecule has 0 aliphatic heterocycles. The second-order valence-corrected chi connectivity index (χ2v) is 3.77. The molecule has 0 aromatic heterocycles. The first-order chi connectivity index (χ1) is 6.09. The van der Waals surface area contributed by atoms with Crippen LogP contribution in [0.5, 0.6) is 0 Å². The van der Waals surface area contributed by atoms with E-state index in [9.17, 15) is 0 Å². The highest BCUT2D eigenvalue weighted by Crippen LogP contribution is 2.10. The van der Waals surface area contributed by atoms with Crippen molar-refractivity contribution >= 4 is 5.71 Å². The number of aryl methyl sites for hydroxylation is 1. The third-order valence-electron chi connectivity index (χ3n) is 2.40. The smallest absolute Gasteiger partial charge is 0.00896 e. The molecule has 1 atom stereocenters. The van der Waals surface area contributed by atoms with E-state index in [2.05, 4.69) is 38.1 Å². The predicted octanol–water partition coefficient (Wildman–Crippen LogP) is 3.21. The fourth-order valence-corrected chi connectivity index (χ4v) is 1.23. The lowest BCUT2D eigenvalue weighted by atomic mass is 9.97. The summed E-state index contributed by atoms with van der Waals surface area (Å²) in [7, 11) is 0. The Morgan fingerprint density at radius 2 is 1.85 bits per heavy atom. The van der Waals surface area contributed by atoms with Crippen LogP contribution in [0.25, 0.3) is 0 Å². The van der Waals surface area contributed by atoms with Gasteiger partial charge in [-0.15, -0.1) is 0 Å². The molecule has 0 fully saturated rings. The Morgan fingerprint density at radius 1 is 1.31 bits per heavy atom. The van der Waals surface area contributed by atoms with Gasteiger partial charge in [0.05, 0.1) is 0 Å². The average molecular weight is 175 g/mol. The average Bonchev–Trinajstić information content (AvgIpc) is 2.08. The molecule has 0 heterocycles. The standard InChI is InChI=1S/C12H17N/c1-9-4-6-12(7-5-9)8-10(2)11(3)13/h4-7,10,13H,8H2,1-3H3. The monoisotopic (exact) mass is 175 g/mol. The first kappa shape index (κ1) is 9.97. The molecule has 1 heteroatoms. The van der Waals surface area contributed by atoms with E-state index in [0.717, 1.165) is 12.1 Å². The van der Waals surface area contributed by atoms with Gasteiger partial charge < -0.3 is 5.41 Å². The highest BCUT2D eigenvalue weighted by molar-refractivity contribution is 5.81. The summed E-state index contributed by atoms with van der Waals surface area (Å²) < 4.78 is 0. The molecular formula is C12H17N. The molecule has 0 aliphatic carbocycles. The summed E-state index contributed by atoms with van der Waals surface area (Å²) >= 11 is 0. The summed E-state index contributed by atoms with van der Waals surface area (Å²) in [6.07, 6.45) is 0.982. The Hall–Kier alpha value is -1.11. The van der Waals surface area contributed by atoms with Crippen molar-refractivity contribution in [1.82, 2.24) is 0 Å². The van der Waals surface area contributed by atoms with Gasteiger partial charge in [-0.1, -0.05) is 36.8 Å². The molecule has 0 radical (unpaired) electrons. The van der Waals surface area contributed by atoms with Crippen molar-refractivity contribution in [3.8, 4) is 0 Å². The Balaban J connectivity index is 2.64. The van der Waals surface area contributed by atoms with Crippen LogP contribution in [0.2, 0.25) is 0 Å². The van der Waals surface area contributed by atoms with Gasteiger partial charge in [-0.2, -0.15) is 0 Å². The van der Waals surface area contributed by atoms with Gasteiger partial charge in [-0.3, -0.25) is 0 Å². The minimum Gasteiger partial charge on any atom is -0.310 e. The van der Waals surface area contributed by atoms with Gasteiger partial charge in [0.25, 0.3) is 0 Å². The number of benzene rings is 1. The molecule has 0 saturated heterocycles. The molecule has 0 saturated carbocycles. The largest absolute Gasteiger partial charge is 0.310 e. The molecule has 0 bridgehead atoms. The Bertz CT molecular complexity index is 284. The lowest BCUT2D eigenvalue weighted by molar-refractivity contribution is 0.758. The number of rotatable bonds is 3. The van der Waals surface area contributed by atoms with Crippen LogP contribution in [0.15, 0.2) is 24.3 Å². The van der Waals surface area contributed by atoms with Gasteiger partial charge in [0, 0.05) is 5.71 Å². The van der Waals surface area contributed by atoms with Crippen LogP contribution in [-0.4, -0.2) is 5.71 Å². The summed E-state index contributed by atoms with van der Waals surface area (Å²) in [6.45, 7) is 6.07. The molecule has 1 nitrogen and oxygen atoms in total.